The zero-order valence-electron chi connectivity index (χ0n) is 21.2. The molecular formula is C34H28N4. The molecular weight excluding hydrogens is 464 g/mol. The predicted octanol–water partition coefficient (Wildman–Crippen LogP) is 7.05. The summed E-state index contributed by atoms with van der Waals surface area (Å²) >= 11 is 0. The average molecular weight is 493 g/mol. The highest BCUT2D eigenvalue weighted by atomic mass is 15.1. The van der Waals surface area contributed by atoms with E-state index < -0.39 is 0 Å². The minimum absolute atomic E-state index is 0.649. The van der Waals surface area contributed by atoms with Crippen molar-refractivity contribution in [3.05, 3.63) is 155 Å². The fraction of sp³-hybridized carbons (Fsp3) is 0.118. The number of aliphatic imine (C=N–C) groups is 2. The third kappa shape index (κ3) is 4.35. The molecule has 184 valence electrons. The number of benzene rings is 4. The van der Waals surface area contributed by atoms with Crippen LogP contribution in [0.5, 0.6) is 0 Å². The molecule has 0 saturated carbocycles. The zero-order chi connectivity index (χ0) is 25.3. The summed E-state index contributed by atoms with van der Waals surface area (Å²) in [5, 5.41) is 0. The SMILES string of the molecule is C1=CN2Cc3ccc(cc3)CN3C=CC(=NCc4ccc(cc4)CN=C1c1ccccc12)c1ccccc13. The molecule has 0 aliphatic carbocycles. The summed E-state index contributed by atoms with van der Waals surface area (Å²) in [7, 11) is 0. The summed E-state index contributed by atoms with van der Waals surface area (Å²) < 4.78 is 0. The van der Waals surface area contributed by atoms with Crippen LogP contribution in [-0.4, -0.2) is 11.4 Å². The predicted molar refractivity (Wildman–Crippen MR) is 157 cm³/mol. The van der Waals surface area contributed by atoms with E-state index in [1.165, 1.54) is 44.8 Å². The summed E-state index contributed by atoms with van der Waals surface area (Å²) in [6, 6.07) is 34.8. The van der Waals surface area contributed by atoms with Gasteiger partial charge in [0.15, 0.2) is 0 Å². The molecule has 0 N–H and O–H groups in total. The van der Waals surface area contributed by atoms with Gasteiger partial charge in [0, 0.05) is 36.6 Å². The van der Waals surface area contributed by atoms with E-state index in [0.29, 0.717) is 13.1 Å². The molecule has 10 heterocycles. The van der Waals surface area contributed by atoms with E-state index in [2.05, 4.69) is 131 Å². The molecule has 14 rings (SSSR count). The topological polar surface area (TPSA) is 31.2 Å². The van der Waals surface area contributed by atoms with Gasteiger partial charge >= 0.3 is 0 Å². The van der Waals surface area contributed by atoms with E-state index >= 15 is 0 Å². The molecule has 38 heavy (non-hydrogen) atoms. The van der Waals surface area contributed by atoms with Gasteiger partial charge in [-0.1, -0.05) is 84.9 Å². The first-order valence-corrected chi connectivity index (χ1v) is 13.1. The van der Waals surface area contributed by atoms with Crippen molar-refractivity contribution in [3.8, 4) is 0 Å². The van der Waals surface area contributed by atoms with Gasteiger partial charge in [0.2, 0.25) is 0 Å². The van der Waals surface area contributed by atoms with Crippen molar-refractivity contribution < 1.29 is 0 Å². The van der Waals surface area contributed by atoms with Crippen molar-refractivity contribution >= 4 is 22.8 Å². The molecule has 0 amide bonds. The lowest BCUT2D eigenvalue weighted by Crippen LogP contribution is -2.23. The lowest BCUT2D eigenvalue weighted by Gasteiger charge is -2.28. The molecule has 0 aromatic heterocycles. The molecule has 10 aliphatic heterocycles. The number of para-hydroxylation sites is 2. The molecule has 4 aromatic carbocycles. The number of rotatable bonds is 0. The van der Waals surface area contributed by atoms with E-state index in [1.54, 1.807) is 0 Å². The van der Waals surface area contributed by atoms with Crippen molar-refractivity contribution in [3.63, 3.8) is 0 Å². The van der Waals surface area contributed by atoms with Gasteiger partial charge in [-0.2, -0.15) is 0 Å². The van der Waals surface area contributed by atoms with E-state index in [9.17, 15) is 0 Å². The second-order valence-corrected chi connectivity index (χ2v) is 9.96. The molecule has 0 unspecified atom stereocenters. The second kappa shape index (κ2) is 9.64. The Morgan fingerprint density at radius 3 is 1.29 bits per heavy atom. The number of nitrogens with zero attached hydrogens (tertiary/aromatic N) is 4. The molecule has 4 aromatic rings. The van der Waals surface area contributed by atoms with Crippen LogP contribution in [0.1, 0.15) is 33.4 Å². The summed E-state index contributed by atoms with van der Waals surface area (Å²) in [5.74, 6) is 0. The maximum absolute atomic E-state index is 4.99. The summed E-state index contributed by atoms with van der Waals surface area (Å²) in [6.45, 7) is 2.93. The molecule has 8 bridgehead atoms. The number of fused-ring (bicyclic) bond motifs is 1. The van der Waals surface area contributed by atoms with Gasteiger partial charge in [0.1, 0.15) is 0 Å². The van der Waals surface area contributed by atoms with Crippen LogP contribution in [0.3, 0.4) is 0 Å². The Hall–Kier alpha value is -4.70. The smallest absolute Gasteiger partial charge is 0.0686 e. The molecule has 10 aliphatic rings. The van der Waals surface area contributed by atoms with Crippen LogP contribution in [0.4, 0.5) is 11.4 Å². The van der Waals surface area contributed by atoms with E-state index in [-0.39, 0.29) is 0 Å². The Morgan fingerprint density at radius 1 is 0.447 bits per heavy atom. The minimum atomic E-state index is 0.649. The quantitative estimate of drug-likeness (QED) is 0.263. The van der Waals surface area contributed by atoms with Crippen LogP contribution in [-0.2, 0) is 26.2 Å². The van der Waals surface area contributed by atoms with E-state index in [4.69, 9.17) is 9.98 Å². The number of hydrogen-bond donors (Lipinski definition) is 0. The van der Waals surface area contributed by atoms with Crippen LogP contribution in [0.15, 0.2) is 132 Å². The van der Waals surface area contributed by atoms with Crippen LogP contribution in [0, 0.1) is 0 Å². The Balaban J connectivity index is 1.29. The highest BCUT2D eigenvalue weighted by Crippen LogP contribution is 2.30. The third-order valence-electron chi connectivity index (χ3n) is 7.42. The van der Waals surface area contributed by atoms with Crippen LogP contribution >= 0.6 is 0 Å². The number of anilines is 2. The molecule has 4 nitrogen and oxygen atoms in total. The third-order valence-corrected chi connectivity index (χ3v) is 7.42. The molecule has 0 spiro atoms. The van der Waals surface area contributed by atoms with Gasteiger partial charge in [-0.25, -0.2) is 0 Å². The van der Waals surface area contributed by atoms with E-state index in [1.807, 2.05) is 0 Å². The van der Waals surface area contributed by atoms with E-state index in [0.717, 1.165) is 24.5 Å². The van der Waals surface area contributed by atoms with Gasteiger partial charge in [-0.15, -0.1) is 0 Å². The van der Waals surface area contributed by atoms with Crippen molar-refractivity contribution in [1.82, 2.24) is 0 Å². The highest BCUT2D eigenvalue weighted by molar-refractivity contribution is 6.14. The maximum Gasteiger partial charge on any atom is 0.0686 e. The van der Waals surface area contributed by atoms with Crippen LogP contribution < -0.4 is 9.80 Å². The molecule has 4 heteroatoms. The lowest BCUT2D eigenvalue weighted by atomic mass is 10.0. The molecule has 0 fully saturated rings. The van der Waals surface area contributed by atoms with Crippen molar-refractivity contribution in [2.45, 2.75) is 26.2 Å². The largest absolute Gasteiger partial charge is 0.343 e. The first-order chi connectivity index (χ1) is 18.8. The number of hydrogen-bond acceptors (Lipinski definition) is 4. The molecule has 0 atom stereocenters. The fourth-order valence-corrected chi connectivity index (χ4v) is 5.34. The number of allylic oxidation sites excluding steroid dienone is 2. The molecule has 0 saturated heterocycles. The summed E-state index contributed by atoms with van der Waals surface area (Å²) in [6.07, 6.45) is 8.60. The maximum atomic E-state index is 4.99. The van der Waals surface area contributed by atoms with Crippen molar-refractivity contribution in [2.75, 3.05) is 9.80 Å². The fourth-order valence-electron chi connectivity index (χ4n) is 5.34. The van der Waals surface area contributed by atoms with Crippen LogP contribution in [0.2, 0.25) is 0 Å². The monoisotopic (exact) mass is 492 g/mol. The normalized spacial score (nSPS) is 16.0. The molecule has 0 radical (unpaired) electrons. The van der Waals surface area contributed by atoms with Gasteiger partial charge in [-0.3, -0.25) is 9.98 Å². The van der Waals surface area contributed by atoms with Gasteiger partial charge < -0.3 is 9.80 Å². The Bertz CT molecular complexity index is 1490. The Kier molecular flexibility index (Phi) is 5.71. The first-order valence-electron chi connectivity index (χ1n) is 13.1. The van der Waals surface area contributed by atoms with Gasteiger partial charge in [-0.05, 0) is 46.5 Å². The van der Waals surface area contributed by atoms with Gasteiger partial charge in [0.05, 0.1) is 35.9 Å². The average Bonchev–Trinajstić information content (AvgIpc) is 2.97. The Labute approximate surface area is 223 Å². The lowest BCUT2D eigenvalue weighted by molar-refractivity contribution is 0.939. The standard InChI is InChI=1S/C34H28N4/c1-3-7-33-29(5-1)31-17-19-37(33)23-27-13-15-28(16-14-27)24-38-20-18-32(30-6-2-4-8-34(30)38)36-22-26-11-9-25(10-12-26)21-35-31/h1-20H,21-24H2. The van der Waals surface area contributed by atoms with Crippen molar-refractivity contribution in [2.24, 2.45) is 9.98 Å². The highest BCUT2D eigenvalue weighted by Gasteiger charge is 2.19. The zero-order valence-corrected chi connectivity index (χ0v) is 21.2. The summed E-state index contributed by atoms with van der Waals surface area (Å²) in [4.78, 5) is 14.6. The van der Waals surface area contributed by atoms with Crippen LogP contribution in [0.25, 0.3) is 0 Å². The minimum Gasteiger partial charge on any atom is -0.343 e. The summed E-state index contributed by atoms with van der Waals surface area (Å²) in [5.41, 5.74) is 11.7. The Morgan fingerprint density at radius 2 is 0.842 bits per heavy atom. The van der Waals surface area contributed by atoms with Gasteiger partial charge in [0.25, 0.3) is 0 Å². The van der Waals surface area contributed by atoms with Crippen molar-refractivity contribution in [1.29, 1.82) is 0 Å². The first kappa shape index (κ1) is 22.5. The second-order valence-electron chi connectivity index (χ2n) is 9.96.